The summed E-state index contributed by atoms with van der Waals surface area (Å²) in [6, 6.07) is 6.72. The lowest BCUT2D eigenvalue weighted by Gasteiger charge is -2.21. The van der Waals surface area contributed by atoms with Crippen molar-refractivity contribution in [2.75, 3.05) is 32.1 Å². The number of aryl methyl sites for hydroxylation is 1. The molecule has 0 fully saturated rings. The Labute approximate surface area is 148 Å². The number of nitro groups is 1. The van der Waals surface area contributed by atoms with Crippen molar-refractivity contribution < 1.29 is 23.8 Å². The number of nitro benzene ring substituents is 1. The van der Waals surface area contributed by atoms with Gasteiger partial charge in [0.05, 0.1) is 11.5 Å². The average Bonchev–Trinajstić information content (AvgIpc) is 3.02. The SMILES string of the molecule is COCCN(CC(=O)Nc1cc(C)on1)C(=O)c1ccc([N+](=O)[O-])cc1. The normalized spacial score (nSPS) is 10.4. The summed E-state index contributed by atoms with van der Waals surface area (Å²) in [5.74, 6) is -0.103. The number of carbonyl (C=O) groups is 2. The monoisotopic (exact) mass is 362 g/mol. The molecule has 0 saturated carbocycles. The van der Waals surface area contributed by atoms with E-state index in [1.165, 1.54) is 36.3 Å². The van der Waals surface area contributed by atoms with Crippen molar-refractivity contribution >= 4 is 23.3 Å². The van der Waals surface area contributed by atoms with Gasteiger partial charge in [-0.3, -0.25) is 19.7 Å². The van der Waals surface area contributed by atoms with Crippen molar-refractivity contribution in [3.63, 3.8) is 0 Å². The number of benzene rings is 1. The number of hydrogen-bond acceptors (Lipinski definition) is 7. The van der Waals surface area contributed by atoms with Crippen molar-refractivity contribution in [3.8, 4) is 0 Å². The first-order valence-corrected chi connectivity index (χ1v) is 7.66. The summed E-state index contributed by atoms with van der Waals surface area (Å²) in [5.41, 5.74) is 0.112. The second-order valence-corrected chi connectivity index (χ2v) is 5.39. The number of amides is 2. The Morgan fingerprint density at radius 2 is 2.04 bits per heavy atom. The number of ether oxygens (including phenoxy) is 1. The van der Waals surface area contributed by atoms with Crippen LogP contribution in [0.5, 0.6) is 0 Å². The van der Waals surface area contributed by atoms with Gasteiger partial charge < -0.3 is 19.5 Å². The minimum Gasteiger partial charge on any atom is -0.383 e. The molecule has 1 aromatic carbocycles. The fourth-order valence-corrected chi connectivity index (χ4v) is 2.14. The molecule has 10 heteroatoms. The largest absolute Gasteiger partial charge is 0.383 e. The quantitative estimate of drug-likeness (QED) is 0.558. The van der Waals surface area contributed by atoms with Gasteiger partial charge in [-0.1, -0.05) is 5.16 Å². The molecule has 2 rings (SSSR count). The highest BCUT2D eigenvalue weighted by atomic mass is 16.6. The average molecular weight is 362 g/mol. The van der Waals surface area contributed by atoms with Crippen LogP contribution in [-0.4, -0.2) is 53.6 Å². The summed E-state index contributed by atoms with van der Waals surface area (Å²) in [7, 11) is 1.48. The maximum atomic E-state index is 12.6. The molecule has 2 amide bonds. The number of hydrogen-bond donors (Lipinski definition) is 1. The number of nitrogens with zero attached hydrogens (tertiary/aromatic N) is 3. The maximum absolute atomic E-state index is 12.6. The van der Waals surface area contributed by atoms with Crippen LogP contribution in [0.2, 0.25) is 0 Å². The second-order valence-electron chi connectivity index (χ2n) is 5.39. The van der Waals surface area contributed by atoms with Gasteiger partial charge in [-0.25, -0.2) is 0 Å². The Morgan fingerprint density at radius 3 is 2.58 bits per heavy atom. The maximum Gasteiger partial charge on any atom is 0.269 e. The lowest BCUT2D eigenvalue weighted by molar-refractivity contribution is -0.384. The molecule has 10 nitrogen and oxygen atoms in total. The van der Waals surface area contributed by atoms with Crippen LogP contribution in [0.1, 0.15) is 16.1 Å². The predicted octanol–water partition coefficient (Wildman–Crippen LogP) is 1.62. The minimum absolute atomic E-state index is 0.121. The van der Waals surface area contributed by atoms with Crippen LogP contribution < -0.4 is 5.32 Å². The van der Waals surface area contributed by atoms with Crippen molar-refractivity contribution in [2.24, 2.45) is 0 Å². The molecule has 0 radical (unpaired) electrons. The van der Waals surface area contributed by atoms with E-state index in [2.05, 4.69) is 10.5 Å². The summed E-state index contributed by atoms with van der Waals surface area (Å²) in [6.45, 7) is 1.86. The number of rotatable bonds is 8. The van der Waals surface area contributed by atoms with Gasteiger partial charge in [0, 0.05) is 37.4 Å². The van der Waals surface area contributed by atoms with Gasteiger partial charge in [0.2, 0.25) is 5.91 Å². The van der Waals surface area contributed by atoms with E-state index < -0.39 is 16.7 Å². The van der Waals surface area contributed by atoms with Crippen molar-refractivity contribution in [3.05, 3.63) is 51.8 Å². The molecule has 1 heterocycles. The minimum atomic E-state index is -0.551. The molecule has 0 bridgehead atoms. The molecule has 0 spiro atoms. The Morgan fingerprint density at radius 1 is 1.35 bits per heavy atom. The number of methoxy groups -OCH3 is 1. The van der Waals surface area contributed by atoms with E-state index in [0.717, 1.165) is 0 Å². The fourth-order valence-electron chi connectivity index (χ4n) is 2.14. The predicted molar refractivity (Wildman–Crippen MR) is 90.7 cm³/mol. The van der Waals surface area contributed by atoms with E-state index >= 15 is 0 Å². The fraction of sp³-hybridized carbons (Fsp3) is 0.312. The summed E-state index contributed by atoms with van der Waals surface area (Å²) in [4.78, 5) is 36.2. The van der Waals surface area contributed by atoms with Gasteiger partial charge in [-0.05, 0) is 19.1 Å². The van der Waals surface area contributed by atoms with E-state index in [1.54, 1.807) is 13.0 Å². The van der Waals surface area contributed by atoms with Crippen LogP contribution in [0, 0.1) is 17.0 Å². The standard InChI is InChI=1S/C16H18N4O6/c1-11-9-14(18-26-11)17-15(21)10-19(7-8-25-2)16(22)12-3-5-13(6-4-12)20(23)24/h3-6,9H,7-8,10H2,1-2H3,(H,17,18,21). The molecule has 1 aromatic heterocycles. The Hall–Kier alpha value is -3.27. The first-order chi connectivity index (χ1) is 12.4. The van der Waals surface area contributed by atoms with Crippen molar-refractivity contribution in [2.45, 2.75) is 6.92 Å². The summed E-state index contributed by atoms with van der Waals surface area (Å²) >= 11 is 0. The molecule has 0 saturated heterocycles. The molecule has 2 aromatic rings. The van der Waals surface area contributed by atoms with E-state index in [-0.39, 0.29) is 36.8 Å². The Balaban J connectivity index is 2.08. The molecular formula is C16H18N4O6. The first-order valence-electron chi connectivity index (χ1n) is 7.66. The summed E-state index contributed by atoms with van der Waals surface area (Å²) in [6.07, 6.45) is 0. The highest BCUT2D eigenvalue weighted by Gasteiger charge is 2.20. The molecule has 26 heavy (non-hydrogen) atoms. The number of nitrogens with one attached hydrogen (secondary N) is 1. The third-order valence-electron chi connectivity index (χ3n) is 3.41. The molecule has 0 aliphatic rings. The third-order valence-corrected chi connectivity index (χ3v) is 3.41. The third kappa shape index (κ3) is 5.11. The molecule has 1 N–H and O–H groups in total. The lowest BCUT2D eigenvalue weighted by Crippen LogP contribution is -2.40. The van der Waals surface area contributed by atoms with E-state index in [9.17, 15) is 19.7 Å². The molecule has 138 valence electrons. The first kappa shape index (κ1) is 19.1. The number of anilines is 1. The zero-order valence-corrected chi connectivity index (χ0v) is 14.3. The van der Waals surface area contributed by atoms with Gasteiger partial charge in [0.1, 0.15) is 12.3 Å². The highest BCUT2D eigenvalue weighted by Crippen LogP contribution is 2.14. The van der Waals surface area contributed by atoms with E-state index in [0.29, 0.717) is 5.76 Å². The smallest absolute Gasteiger partial charge is 0.269 e. The molecule has 0 unspecified atom stereocenters. The lowest BCUT2D eigenvalue weighted by atomic mass is 10.2. The van der Waals surface area contributed by atoms with Gasteiger partial charge in [-0.2, -0.15) is 0 Å². The van der Waals surface area contributed by atoms with Crippen LogP contribution in [0.4, 0.5) is 11.5 Å². The van der Waals surface area contributed by atoms with Crippen LogP contribution in [0.25, 0.3) is 0 Å². The van der Waals surface area contributed by atoms with Crippen LogP contribution in [-0.2, 0) is 9.53 Å². The van der Waals surface area contributed by atoms with Crippen molar-refractivity contribution in [1.29, 1.82) is 0 Å². The Kier molecular flexibility index (Phi) is 6.39. The zero-order valence-electron chi connectivity index (χ0n) is 14.3. The molecule has 0 aliphatic heterocycles. The Bertz CT molecular complexity index is 786. The van der Waals surface area contributed by atoms with Crippen LogP contribution >= 0.6 is 0 Å². The molecule has 0 atom stereocenters. The molecule has 0 aliphatic carbocycles. The van der Waals surface area contributed by atoms with E-state index in [1.807, 2.05) is 0 Å². The topological polar surface area (TPSA) is 128 Å². The van der Waals surface area contributed by atoms with Gasteiger partial charge in [0.15, 0.2) is 5.82 Å². The van der Waals surface area contributed by atoms with Crippen LogP contribution in [0.3, 0.4) is 0 Å². The van der Waals surface area contributed by atoms with E-state index in [4.69, 9.17) is 9.26 Å². The van der Waals surface area contributed by atoms with Gasteiger partial charge in [0.25, 0.3) is 11.6 Å². The van der Waals surface area contributed by atoms with Crippen molar-refractivity contribution in [1.82, 2.24) is 10.1 Å². The zero-order chi connectivity index (χ0) is 19.1. The number of aromatic nitrogens is 1. The summed E-state index contributed by atoms with van der Waals surface area (Å²) in [5, 5.41) is 16.9. The van der Waals surface area contributed by atoms with Gasteiger partial charge in [-0.15, -0.1) is 0 Å². The molecular weight excluding hydrogens is 344 g/mol. The highest BCUT2D eigenvalue weighted by molar-refractivity contribution is 5.99. The summed E-state index contributed by atoms with van der Waals surface area (Å²) < 4.78 is 9.83. The second kappa shape index (κ2) is 8.72. The van der Waals surface area contributed by atoms with Crippen LogP contribution in [0.15, 0.2) is 34.9 Å². The number of non-ortho nitro benzene ring substituents is 1. The number of carbonyl (C=O) groups excluding carboxylic acids is 2. The van der Waals surface area contributed by atoms with Gasteiger partial charge >= 0.3 is 0 Å².